The average molecular weight is 630 g/mol. The van der Waals surface area contributed by atoms with Crippen molar-refractivity contribution in [1.82, 2.24) is 0 Å². The number of hydrogen-bond donors (Lipinski definition) is 0. The number of ether oxygens (including phenoxy) is 1. The van der Waals surface area contributed by atoms with E-state index in [2.05, 4.69) is 111 Å². The van der Waals surface area contributed by atoms with Crippen molar-refractivity contribution in [3.8, 4) is 0 Å². The second kappa shape index (κ2) is 8.78. The van der Waals surface area contributed by atoms with E-state index in [-0.39, 0.29) is 15.8 Å². The number of benzene rings is 2. The lowest BCUT2D eigenvalue weighted by atomic mass is 9.28. The molecule has 8 bridgehead atoms. The van der Waals surface area contributed by atoms with Crippen LogP contribution in [0.1, 0.15) is 129 Å². The molecule has 6 unspecified atom stereocenters. The van der Waals surface area contributed by atoms with Gasteiger partial charge in [-0.3, -0.25) is 0 Å². The van der Waals surface area contributed by atoms with E-state index in [0.717, 1.165) is 12.5 Å². The van der Waals surface area contributed by atoms with Gasteiger partial charge in [-0.05, 0) is 134 Å². The molecule has 42 heavy (non-hydrogen) atoms. The molecule has 0 N–H and O–H groups in total. The molecule has 0 aromatic heterocycles. The van der Waals surface area contributed by atoms with Gasteiger partial charge in [0.05, 0.1) is 16.5 Å². The Morgan fingerprint density at radius 1 is 0.667 bits per heavy atom. The predicted octanol–water partition coefficient (Wildman–Crippen LogP) is 11.2. The zero-order chi connectivity index (χ0) is 29.3. The highest BCUT2D eigenvalue weighted by Gasteiger charge is 2.74. The maximum absolute atomic E-state index is 7.61. The van der Waals surface area contributed by atoms with Gasteiger partial charge in [0.2, 0.25) is 0 Å². The van der Waals surface area contributed by atoms with E-state index >= 15 is 0 Å². The summed E-state index contributed by atoms with van der Waals surface area (Å²) in [6, 6.07) is 22.2. The van der Waals surface area contributed by atoms with E-state index in [1.54, 1.807) is 0 Å². The zero-order valence-corrected chi connectivity index (χ0v) is 28.5. The summed E-state index contributed by atoms with van der Waals surface area (Å²) in [5.74, 6) is 1.20. The summed E-state index contributed by atoms with van der Waals surface area (Å²) in [5, 5.41) is 0. The molecule has 0 amide bonds. The first-order chi connectivity index (χ1) is 19.7. The predicted molar refractivity (Wildman–Crippen MR) is 177 cm³/mol. The Bertz CT molecular complexity index is 1320. The van der Waals surface area contributed by atoms with Gasteiger partial charge >= 0.3 is 0 Å². The van der Waals surface area contributed by atoms with E-state index in [9.17, 15) is 0 Å². The highest BCUT2D eigenvalue weighted by Crippen LogP contribution is 2.82. The van der Waals surface area contributed by atoms with Crippen LogP contribution in [0.15, 0.2) is 60.7 Å². The highest BCUT2D eigenvalue weighted by atomic mass is 79.9. The van der Waals surface area contributed by atoms with Gasteiger partial charge in [0.25, 0.3) is 0 Å². The minimum Gasteiger partial charge on any atom is -0.374 e. The van der Waals surface area contributed by atoms with Crippen LogP contribution in [0, 0.1) is 38.4 Å². The van der Waals surface area contributed by atoms with Gasteiger partial charge in [0, 0.05) is 5.92 Å². The summed E-state index contributed by atoms with van der Waals surface area (Å²) < 4.78 is 7.40. The third kappa shape index (κ3) is 4.23. The first kappa shape index (κ1) is 28.4. The Balaban J connectivity index is 1.16. The topological polar surface area (TPSA) is 9.23 Å². The molecule has 8 aliphatic rings. The lowest BCUT2D eigenvalue weighted by molar-refractivity contribution is -0.306. The van der Waals surface area contributed by atoms with Crippen LogP contribution in [0.5, 0.6) is 0 Å². The van der Waals surface area contributed by atoms with Crippen molar-refractivity contribution in [3.05, 3.63) is 71.8 Å². The highest BCUT2D eigenvalue weighted by molar-refractivity contribution is 9.09. The summed E-state index contributed by atoms with van der Waals surface area (Å²) >= 11 is 4.28. The molecule has 6 atom stereocenters. The van der Waals surface area contributed by atoms with Crippen molar-refractivity contribution in [2.24, 2.45) is 38.4 Å². The minimum absolute atomic E-state index is 0.0101. The van der Waals surface area contributed by atoms with E-state index < -0.39 is 0 Å². The first-order valence-corrected chi connectivity index (χ1v) is 17.9. The lowest BCUT2D eigenvalue weighted by Gasteiger charge is -2.78. The number of alkyl halides is 1. The molecule has 2 aromatic carbocycles. The van der Waals surface area contributed by atoms with Crippen molar-refractivity contribution in [3.63, 3.8) is 0 Å². The first-order valence-electron chi connectivity index (χ1n) is 17.1. The Labute approximate surface area is 264 Å². The average Bonchev–Trinajstić information content (AvgIpc) is 2.85. The fourth-order valence-electron chi connectivity index (χ4n) is 14.8. The van der Waals surface area contributed by atoms with Gasteiger partial charge in [-0.1, -0.05) is 104 Å². The quantitative estimate of drug-likeness (QED) is 0.277. The Kier molecular flexibility index (Phi) is 5.93. The lowest BCUT2D eigenvalue weighted by Crippen LogP contribution is -2.71. The van der Waals surface area contributed by atoms with E-state index in [1.807, 2.05) is 0 Å². The molecule has 10 rings (SSSR count). The van der Waals surface area contributed by atoms with Gasteiger partial charge in [-0.2, -0.15) is 0 Å². The minimum atomic E-state index is -0.202. The summed E-state index contributed by atoms with van der Waals surface area (Å²) in [7, 11) is 0. The molecule has 0 spiro atoms. The SMILES string of the molecule is CC12CC3CC(C)(C1)CC(C14CC5(C)CC(C)(CC(OCC(c6ccccc6)C(C)(Br)c6ccccc6)(C5)C1)C4)(C3)C2. The monoisotopic (exact) mass is 628 g/mol. The summed E-state index contributed by atoms with van der Waals surface area (Å²) in [5.41, 5.74) is 5.66. The second-order valence-corrected chi connectivity index (χ2v) is 20.4. The fourth-order valence-corrected chi connectivity index (χ4v) is 15.5. The van der Waals surface area contributed by atoms with Gasteiger partial charge < -0.3 is 4.74 Å². The van der Waals surface area contributed by atoms with Crippen molar-refractivity contribution in [1.29, 1.82) is 0 Å². The van der Waals surface area contributed by atoms with E-state index in [0.29, 0.717) is 32.5 Å². The maximum atomic E-state index is 7.61. The molecule has 2 aromatic rings. The van der Waals surface area contributed by atoms with Crippen LogP contribution in [0.4, 0.5) is 0 Å². The molecule has 0 heterocycles. The van der Waals surface area contributed by atoms with Crippen molar-refractivity contribution >= 4 is 15.9 Å². The molecule has 0 aliphatic heterocycles. The Hall–Kier alpha value is -1.12. The number of hydrogen-bond acceptors (Lipinski definition) is 1. The second-order valence-electron chi connectivity index (χ2n) is 18.8. The third-order valence-corrected chi connectivity index (χ3v) is 15.1. The Morgan fingerprint density at radius 3 is 1.76 bits per heavy atom. The summed E-state index contributed by atoms with van der Waals surface area (Å²) in [6.45, 7) is 13.9. The zero-order valence-electron chi connectivity index (χ0n) is 26.9. The molecule has 8 fully saturated rings. The van der Waals surface area contributed by atoms with Crippen LogP contribution in [-0.4, -0.2) is 12.2 Å². The molecule has 8 saturated carbocycles. The summed E-state index contributed by atoms with van der Waals surface area (Å²) in [6.07, 6.45) is 17.1. The van der Waals surface area contributed by atoms with Crippen LogP contribution in [0.25, 0.3) is 0 Å². The number of rotatable bonds is 7. The molecule has 2 heteroatoms. The van der Waals surface area contributed by atoms with E-state index in [1.165, 1.54) is 88.2 Å². The molecule has 226 valence electrons. The summed E-state index contributed by atoms with van der Waals surface area (Å²) in [4.78, 5) is 0. The van der Waals surface area contributed by atoms with Crippen LogP contribution >= 0.6 is 15.9 Å². The van der Waals surface area contributed by atoms with Crippen molar-refractivity contribution < 1.29 is 4.74 Å². The fraction of sp³-hybridized carbons (Fsp3) is 0.700. The molecule has 0 radical (unpaired) electrons. The number of halogens is 1. The molecular weight excluding hydrogens is 576 g/mol. The van der Waals surface area contributed by atoms with Crippen LogP contribution in [-0.2, 0) is 9.06 Å². The standard InChI is InChI=1S/C40H53BrO/c1-33-16-29-17-34(2,20-33)23-38(18-29,22-33)39-24-35(3)21-36(4,25-39)27-40(26-35,28-39)42-19-32(30-12-8-6-9-13-30)37(5,41)31-14-10-7-11-15-31/h6-15,29,32H,16-28H2,1-5H3. The van der Waals surface area contributed by atoms with Crippen LogP contribution < -0.4 is 0 Å². The van der Waals surface area contributed by atoms with E-state index in [4.69, 9.17) is 4.74 Å². The van der Waals surface area contributed by atoms with Crippen LogP contribution in [0.3, 0.4) is 0 Å². The van der Waals surface area contributed by atoms with Gasteiger partial charge in [0.1, 0.15) is 0 Å². The Morgan fingerprint density at radius 2 is 1.19 bits per heavy atom. The third-order valence-electron chi connectivity index (χ3n) is 14.0. The van der Waals surface area contributed by atoms with Crippen molar-refractivity contribution in [2.45, 2.75) is 128 Å². The van der Waals surface area contributed by atoms with Gasteiger partial charge in [-0.25, -0.2) is 0 Å². The smallest absolute Gasteiger partial charge is 0.0698 e. The van der Waals surface area contributed by atoms with Gasteiger partial charge in [0.15, 0.2) is 0 Å². The maximum Gasteiger partial charge on any atom is 0.0698 e. The largest absolute Gasteiger partial charge is 0.374 e. The molecule has 1 nitrogen and oxygen atoms in total. The van der Waals surface area contributed by atoms with Crippen molar-refractivity contribution in [2.75, 3.05) is 6.61 Å². The van der Waals surface area contributed by atoms with Gasteiger partial charge in [-0.15, -0.1) is 0 Å². The molecular formula is C40H53BrO. The normalized spacial score (nSPS) is 48.8. The molecule has 0 saturated heterocycles. The molecule has 8 aliphatic carbocycles. The van der Waals surface area contributed by atoms with Crippen LogP contribution in [0.2, 0.25) is 0 Å².